The van der Waals surface area contributed by atoms with Crippen LogP contribution in [-0.2, 0) is 11.3 Å². The normalized spacial score (nSPS) is 31.9. The number of likely N-dealkylation sites (tertiary alicyclic amines) is 1. The summed E-state index contributed by atoms with van der Waals surface area (Å²) in [6, 6.07) is 0. The number of carbonyl (C=O) groups is 1. The zero-order valence-electron chi connectivity index (χ0n) is 16.4. The minimum absolute atomic E-state index is 0.184. The van der Waals surface area contributed by atoms with Crippen LogP contribution in [0.5, 0.6) is 0 Å². The van der Waals surface area contributed by atoms with Gasteiger partial charge in [0.1, 0.15) is 12.7 Å². The second kappa shape index (κ2) is 6.87. The lowest BCUT2D eigenvalue weighted by atomic mass is 9.63. The van der Waals surface area contributed by atoms with Crippen LogP contribution in [0.1, 0.15) is 64.2 Å². The molecule has 2 unspecified atom stereocenters. The van der Waals surface area contributed by atoms with Crippen molar-refractivity contribution in [1.82, 2.24) is 25.0 Å². The van der Waals surface area contributed by atoms with Gasteiger partial charge in [-0.3, -0.25) is 4.79 Å². The number of aromatic nitrogens is 3. The Bertz CT molecular complexity index is 652. The second-order valence-corrected chi connectivity index (χ2v) is 9.75. The summed E-state index contributed by atoms with van der Waals surface area (Å²) in [7, 11) is 0. The van der Waals surface area contributed by atoms with E-state index in [9.17, 15) is 4.79 Å². The number of rotatable bonds is 3. The van der Waals surface area contributed by atoms with Crippen molar-refractivity contribution in [3.63, 3.8) is 0 Å². The van der Waals surface area contributed by atoms with Crippen molar-refractivity contribution in [2.24, 2.45) is 17.3 Å². The molecule has 2 aliphatic carbocycles. The Balaban J connectivity index is 1.22. The summed E-state index contributed by atoms with van der Waals surface area (Å²) in [6.45, 7) is 3.72. The lowest BCUT2D eigenvalue weighted by Gasteiger charge is -2.44. The average molecular weight is 372 g/mol. The molecule has 0 bridgehead atoms. The van der Waals surface area contributed by atoms with Gasteiger partial charge in [-0.05, 0) is 43.9 Å². The first-order chi connectivity index (χ1) is 13.2. The average Bonchev–Trinajstić information content (AvgIpc) is 3.30. The molecule has 2 saturated carbocycles. The van der Waals surface area contributed by atoms with Crippen LogP contribution in [0.25, 0.3) is 0 Å². The maximum atomic E-state index is 13.3. The van der Waals surface area contributed by atoms with Crippen molar-refractivity contribution in [1.29, 1.82) is 0 Å². The SMILES string of the molecule is O=C(C1CCC2(CCCCC2)NC1)N1CC(Cn2cnnc2)C2(CCC2)C1. The summed E-state index contributed by atoms with van der Waals surface area (Å²) in [4.78, 5) is 15.5. The van der Waals surface area contributed by atoms with Crippen molar-refractivity contribution in [3.05, 3.63) is 12.7 Å². The Labute approximate surface area is 162 Å². The van der Waals surface area contributed by atoms with Crippen LogP contribution in [-0.4, -0.2) is 50.7 Å². The third kappa shape index (κ3) is 3.20. The minimum Gasteiger partial charge on any atom is -0.341 e. The highest BCUT2D eigenvalue weighted by atomic mass is 16.2. The monoisotopic (exact) mass is 371 g/mol. The third-order valence-electron chi connectivity index (χ3n) is 8.23. The molecule has 2 aliphatic heterocycles. The van der Waals surface area contributed by atoms with Gasteiger partial charge in [-0.1, -0.05) is 25.7 Å². The van der Waals surface area contributed by atoms with Gasteiger partial charge in [0.05, 0.1) is 5.92 Å². The quantitative estimate of drug-likeness (QED) is 0.887. The van der Waals surface area contributed by atoms with Gasteiger partial charge in [0.2, 0.25) is 5.91 Å². The molecular formula is C21H33N5O. The van der Waals surface area contributed by atoms with E-state index in [0.29, 0.717) is 22.8 Å². The maximum Gasteiger partial charge on any atom is 0.226 e. The number of piperidine rings is 1. The summed E-state index contributed by atoms with van der Waals surface area (Å²) >= 11 is 0. The number of hydrogen-bond donors (Lipinski definition) is 1. The minimum atomic E-state index is 0.184. The lowest BCUT2D eigenvalue weighted by molar-refractivity contribution is -0.136. The second-order valence-electron chi connectivity index (χ2n) is 9.75. The van der Waals surface area contributed by atoms with Gasteiger partial charge in [0, 0.05) is 37.6 Å². The van der Waals surface area contributed by atoms with E-state index in [1.807, 2.05) is 12.7 Å². The molecule has 1 N–H and O–H groups in total. The zero-order valence-corrected chi connectivity index (χ0v) is 16.4. The fourth-order valence-corrected chi connectivity index (χ4v) is 6.33. The molecule has 4 aliphatic rings. The highest BCUT2D eigenvalue weighted by Gasteiger charge is 2.52. The summed E-state index contributed by atoms with van der Waals surface area (Å²) < 4.78 is 2.09. The van der Waals surface area contributed by atoms with Gasteiger partial charge in [0.15, 0.2) is 0 Å². The lowest BCUT2D eigenvalue weighted by Crippen LogP contribution is -2.55. The van der Waals surface area contributed by atoms with Crippen LogP contribution in [0, 0.1) is 17.3 Å². The Kier molecular flexibility index (Phi) is 4.49. The van der Waals surface area contributed by atoms with E-state index in [1.54, 1.807) is 0 Å². The summed E-state index contributed by atoms with van der Waals surface area (Å²) in [5.41, 5.74) is 0.707. The highest BCUT2D eigenvalue weighted by Crippen LogP contribution is 2.52. The molecule has 0 aromatic carbocycles. The molecule has 2 spiro atoms. The van der Waals surface area contributed by atoms with Gasteiger partial charge < -0.3 is 14.8 Å². The smallest absolute Gasteiger partial charge is 0.226 e. The molecule has 6 heteroatoms. The number of hydrogen-bond acceptors (Lipinski definition) is 4. The predicted molar refractivity (Wildman–Crippen MR) is 103 cm³/mol. The first kappa shape index (κ1) is 17.7. The molecule has 1 aromatic heterocycles. The fourth-order valence-electron chi connectivity index (χ4n) is 6.33. The molecule has 2 atom stereocenters. The largest absolute Gasteiger partial charge is 0.341 e. The Hall–Kier alpha value is -1.43. The number of nitrogens with zero attached hydrogens (tertiary/aromatic N) is 4. The third-order valence-corrected chi connectivity index (χ3v) is 8.23. The van der Waals surface area contributed by atoms with Crippen LogP contribution >= 0.6 is 0 Å². The molecule has 2 saturated heterocycles. The summed E-state index contributed by atoms with van der Waals surface area (Å²) in [6.07, 6.45) is 16.4. The van der Waals surface area contributed by atoms with E-state index in [-0.39, 0.29) is 5.92 Å². The van der Waals surface area contributed by atoms with Crippen LogP contribution in [0.3, 0.4) is 0 Å². The van der Waals surface area contributed by atoms with Crippen LogP contribution in [0.15, 0.2) is 12.7 Å². The van der Waals surface area contributed by atoms with Gasteiger partial charge in [0.25, 0.3) is 0 Å². The first-order valence-corrected chi connectivity index (χ1v) is 11.0. The first-order valence-electron chi connectivity index (χ1n) is 11.0. The molecule has 3 heterocycles. The molecule has 1 amide bonds. The maximum absolute atomic E-state index is 13.3. The van der Waals surface area contributed by atoms with Gasteiger partial charge in [-0.25, -0.2) is 0 Å². The molecular weight excluding hydrogens is 338 g/mol. The van der Waals surface area contributed by atoms with Crippen molar-refractivity contribution in [3.8, 4) is 0 Å². The van der Waals surface area contributed by atoms with Crippen LogP contribution < -0.4 is 5.32 Å². The molecule has 5 rings (SSSR count). The molecule has 1 aromatic rings. The Morgan fingerprint density at radius 1 is 1.04 bits per heavy atom. The summed E-state index contributed by atoms with van der Waals surface area (Å²) in [5.74, 6) is 1.14. The Morgan fingerprint density at radius 2 is 1.81 bits per heavy atom. The van der Waals surface area contributed by atoms with Crippen molar-refractivity contribution < 1.29 is 4.79 Å². The van der Waals surface area contributed by atoms with Crippen molar-refractivity contribution >= 4 is 5.91 Å². The molecule has 0 radical (unpaired) electrons. The van der Waals surface area contributed by atoms with E-state index in [1.165, 1.54) is 57.8 Å². The van der Waals surface area contributed by atoms with E-state index in [4.69, 9.17) is 0 Å². The van der Waals surface area contributed by atoms with E-state index >= 15 is 0 Å². The predicted octanol–water partition coefficient (Wildman–Crippen LogP) is 2.61. The van der Waals surface area contributed by atoms with Gasteiger partial charge in [-0.2, -0.15) is 0 Å². The standard InChI is InChI=1S/C21H33N5O/c27-19(17-5-10-21(22-11-17)8-2-1-3-9-21)26-13-18(12-25-15-23-24-16-25)20(14-26)6-4-7-20/h15-18,22H,1-14H2. The molecule has 27 heavy (non-hydrogen) atoms. The fraction of sp³-hybridized carbons (Fsp3) is 0.857. The Morgan fingerprint density at radius 3 is 2.44 bits per heavy atom. The van der Waals surface area contributed by atoms with Gasteiger partial charge in [-0.15, -0.1) is 10.2 Å². The molecule has 148 valence electrons. The van der Waals surface area contributed by atoms with Crippen LogP contribution in [0.4, 0.5) is 0 Å². The van der Waals surface area contributed by atoms with Crippen molar-refractivity contribution in [2.75, 3.05) is 19.6 Å². The number of carbonyl (C=O) groups excluding carboxylic acids is 1. The number of amides is 1. The topological polar surface area (TPSA) is 63.1 Å². The molecule has 4 fully saturated rings. The molecule has 6 nitrogen and oxygen atoms in total. The highest BCUT2D eigenvalue weighted by molar-refractivity contribution is 5.79. The van der Waals surface area contributed by atoms with Gasteiger partial charge >= 0.3 is 0 Å². The van der Waals surface area contributed by atoms with E-state index in [0.717, 1.165) is 32.6 Å². The van der Waals surface area contributed by atoms with E-state index in [2.05, 4.69) is 25.0 Å². The van der Waals surface area contributed by atoms with E-state index < -0.39 is 0 Å². The van der Waals surface area contributed by atoms with Crippen molar-refractivity contribution in [2.45, 2.75) is 76.3 Å². The van der Waals surface area contributed by atoms with Crippen LogP contribution in [0.2, 0.25) is 0 Å². The zero-order chi connectivity index (χ0) is 18.3. The summed E-state index contributed by atoms with van der Waals surface area (Å²) in [5, 5.41) is 11.7. The number of nitrogens with one attached hydrogen (secondary N) is 1.